The summed E-state index contributed by atoms with van der Waals surface area (Å²) in [4.78, 5) is 18.9. The topological polar surface area (TPSA) is 45.8 Å². The SMILES string of the molecule is CC(C)SCc1cc(=O)[nH]c(SCc2ccccc2)n1. The molecular weight excluding hydrogens is 288 g/mol. The molecule has 0 aliphatic heterocycles. The summed E-state index contributed by atoms with van der Waals surface area (Å²) in [6.07, 6.45) is 0. The van der Waals surface area contributed by atoms with Crippen LogP contribution >= 0.6 is 23.5 Å². The van der Waals surface area contributed by atoms with Gasteiger partial charge in [0.15, 0.2) is 5.16 Å². The number of H-pyrrole nitrogens is 1. The van der Waals surface area contributed by atoms with Gasteiger partial charge in [-0.25, -0.2) is 4.98 Å². The zero-order valence-corrected chi connectivity index (χ0v) is 13.3. The maximum atomic E-state index is 11.6. The van der Waals surface area contributed by atoms with Gasteiger partial charge < -0.3 is 4.98 Å². The molecule has 0 amide bonds. The molecule has 1 heterocycles. The average Bonchev–Trinajstić information content (AvgIpc) is 2.44. The number of hydrogen-bond acceptors (Lipinski definition) is 4. The van der Waals surface area contributed by atoms with E-state index in [9.17, 15) is 4.79 Å². The van der Waals surface area contributed by atoms with Crippen LogP contribution in [0.5, 0.6) is 0 Å². The van der Waals surface area contributed by atoms with Crippen LogP contribution in [0.4, 0.5) is 0 Å². The summed E-state index contributed by atoms with van der Waals surface area (Å²) in [6, 6.07) is 11.8. The van der Waals surface area contributed by atoms with Crippen molar-refractivity contribution in [2.45, 2.75) is 35.8 Å². The van der Waals surface area contributed by atoms with Crippen molar-refractivity contribution in [3.8, 4) is 0 Å². The van der Waals surface area contributed by atoms with Crippen LogP contribution in [0.2, 0.25) is 0 Å². The molecule has 0 saturated carbocycles. The lowest BCUT2D eigenvalue weighted by molar-refractivity contribution is 0.898. The Morgan fingerprint density at radius 3 is 2.65 bits per heavy atom. The maximum Gasteiger partial charge on any atom is 0.251 e. The largest absolute Gasteiger partial charge is 0.301 e. The van der Waals surface area contributed by atoms with Gasteiger partial charge in [-0.3, -0.25) is 4.79 Å². The van der Waals surface area contributed by atoms with Gasteiger partial charge in [0.1, 0.15) is 0 Å². The van der Waals surface area contributed by atoms with E-state index in [1.807, 2.05) is 18.2 Å². The molecule has 0 aliphatic rings. The van der Waals surface area contributed by atoms with Gasteiger partial charge in [-0.1, -0.05) is 55.9 Å². The predicted octanol–water partition coefficient (Wildman–Crippen LogP) is 3.70. The van der Waals surface area contributed by atoms with Crippen molar-refractivity contribution in [3.05, 3.63) is 58.0 Å². The molecule has 0 atom stereocenters. The van der Waals surface area contributed by atoms with Crippen LogP contribution in [0.15, 0.2) is 46.3 Å². The van der Waals surface area contributed by atoms with Crippen molar-refractivity contribution in [1.82, 2.24) is 9.97 Å². The Kier molecular flexibility index (Phi) is 5.73. The van der Waals surface area contributed by atoms with Crippen LogP contribution in [0.3, 0.4) is 0 Å². The molecule has 2 rings (SSSR count). The van der Waals surface area contributed by atoms with E-state index in [-0.39, 0.29) is 5.56 Å². The van der Waals surface area contributed by atoms with E-state index >= 15 is 0 Å². The van der Waals surface area contributed by atoms with Crippen molar-refractivity contribution < 1.29 is 0 Å². The minimum Gasteiger partial charge on any atom is -0.301 e. The lowest BCUT2D eigenvalue weighted by Crippen LogP contribution is -2.10. The monoisotopic (exact) mass is 306 g/mol. The second kappa shape index (κ2) is 7.55. The zero-order valence-electron chi connectivity index (χ0n) is 11.6. The Labute approximate surface area is 127 Å². The van der Waals surface area contributed by atoms with Gasteiger partial charge in [0.2, 0.25) is 0 Å². The number of aromatic amines is 1. The van der Waals surface area contributed by atoms with E-state index in [0.717, 1.165) is 17.2 Å². The maximum absolute atomic E-state index is 11.6. The van der Waals surface area contributed by atoms with Gasteiger partial charge >= 0.3 is 0 Å². The third kappa shape index (κ3) is 5.06. The van der Waals surface area contributed by atoms with E-state index in [2.05, 4.69) is 35.9 Å². The van der Waals surface area contributed by atoms with Gasteiger partial charge in [-0.15, -0.1) is 0 Å². The first kappa shape index (κ1) is 15.2. The fourth-order valence-electron chi connectivity index (χ4n) is 1.60. The normalized spacial score (nSPS) is 10.9. The molecule has 1 N–H and O–H groups in total. The van der Waals surface area contributed by atoms with Crippen molar-refractivity contribution in [1.29, 1.82) is 0 Å². The Hall–Kier alpha value is -1.20. The smallest absolute Gasteiger partial charge is 0.251 e. The van der Waals surface area contributed by atoms with E-state index in [4.69, 9.17) is 0 Å². The van der Waals surface area contributed by atoms with Gasteiger partial charge in [0.25, 0.3) is 5.56 Å². The van der Waals surface area contributed by atoms with Crippen LogP contribution in [-0.2, 0) is 11.5 Å². The van der Waals surface area contributed by atoms with Crippen molar-refractivity contribution in [2.24, 2.45) is 0 Å². The molecule has 0 saturated heterocycles. The number of benzene rings is 1. The summed E-state index contributed by atoms with van der Waals surface area (Å²) in [5.74, 6) is 1.59. The van der Waals surface area contributed by atoms with Crippen molar-refractivity contribution >= 4 is 23.5 Å². The molecule has 0 spiro atoms. The minimum absolute atomic E-state index is 0.0742. The van der Waals surface area contributed by atoms with Crippen molar-refractivity contribution in [3.63, 3.8) is 0 Å². The summed E-state index contributed by atoms with van der Waals surface area (Å²) in [7, 11) is 0. The van der Waals surface area contributed by atoms with Gasteiger partial charge in [-0.2, -0.15) is 11.8 Å². The molecule has 20 heavy (non-hydrogen) atoms. The first-order valence-corrected chi connectivity index (χ1v) is 8.55. The molecule has 0 unspecified atom stereocenters. The van der Waals surface area contributed by atoms with Crippen LogP contribution in [0, 0.1) is 0 Å². The number of hydrogen-bond donors (Lipinski definition) is 1. The Morgan fingerprint density at radius 1 is 1.20 bits per heavy atom. The number of thioether (sulfide) groups is 2. The van der Waals surface area contributed by atoms with E-state index in [1.54, 1.807) is 29.6 Å². The molecule has 1 aromatic heterocycles. The number of aromatic nitrogens is 2. The fourth-order valence-corrected chi connectivity index (χ4v) is 3.11. The van der Waals surface area contributed by atoms with E-state index in [0.29, 0.717) is 10.4 Å². The van der Waals surface area contributed by atoms with E-state index in [1.165, 1.54) is 5.56 Å². The average molecular weight is 306 g/mol. The molecule has 1 aromatic carbocycles. The van der Waals surface area contributed by atoms with Gasteiger partial charge in [-0.05, 0) is 10.8 Å². The Balaban J connectivity index is 2.02. The second-order valence-corrected chi connectivity index (χ2v) is 7.20. The third-order valence-electron chi connectivity index (χ3n) is 2.56. The Morgan fingerprint density at radius 2 is 1.95 bits per heavy atom. The summed E-state index contributed by atoms with van der Waals surface area (Å²) < 4.78 is 0. The molecule has 0 aliphatic carbocycles. The highest BCUT2D eigenvalue weighted by Crippen LogP contribution is 2.20. The number of rotatable bonds is 6. The molecular formula is C15H18N2OS2. The van der Waals surface area contributed by atoms with Crippen LogP contribution < -0.4 is 5.56 Å². The summed E-state index contributed by atoms with van der Waals surface area (Å²) in [5, 5.41) is 1.23. The third-order valence-corrected chi connectivity index (χ3v) is 4.63. The zero-order chi connectivity index (χ0) is 14.4. The predicted molar refractivity (Wildman–Crippen MR) is 87.3 cm³/mol. The molecule has 2 aromatic rings. The first-order valence-electron chi connectivity index (χ1n) is 6.52. The molecule has 0 radical (unpaired) electrons. The lowest BCUT2D eigenvalue weighted by atomic mass is 10.2. The van der Waals surface area contributed by atoms with Crippen LogP contribution in [0.1, 0.15) is 25.1 Å². The van der Waals surface area contributed by atoms with Gasteiger partial charge in [0.05, 0.1) is 5.69 Å². The molecule has 106 valence electrons. The number of nitrogens with zero attached hydrogens (tertiary/aromatic N) is 1. The first-order chi connectivity index (χ1) is 9.63. The highest BCUT2D eigenvalue weighted by molar-refractivity contribution is 7.99. The van der Waals surface area contributed by atoms with Crippen LogP contribution in [0.25, 0.3) is 0 Å². The molecule has 0 bridgehead atoms. The van der Waals surface area contributed by atoms with Crippen LogP contribution in [-0.4, -0.2) is 15.2 Å². The standard InChI is InChI=1S/C15H18N2OS2/c1-11(2)19-10-13-8-14(18)17-15(16-13)20-9-12-6-4-3-5-7-12/h3-8,11H,9-10H2,1-2H3,(H,16,17,18). The molecule has 5 heteroatoms. The quantitative estimate of drug-likeness (QED) is 0.653. The minimum atomic E-state index is -0.0742. The summed E-state index contributed by atoms with van der Waals surface area (Å²) in [5.41, 5.74) is 2.00. The molecule has 3 nitrogen and oxygen atoms in total. The fraction of sp³-hybridized carbons (Fsp3) is 0.333. The van der Waals surface area contributed by atoms with E-state index < -0.39 is 0 Å². The summed E-state index contributed by atoms with van der Waals surface area (Å²) in [6.45, 7) is 4.28. The second-order valence-electron chi connectivity index (χ2n) is 4.68. The molecule has 0 fully saturated rings. The number of nitrogens with one attached hydrogen (secondary N) is 1. The van der Waals surface area contributed by atoms with Gasteiger partial charge in [0, 0.05) is 17.6 Å². The highest BCUT2D eigenvalue weighted by atomic mass is 32.2. The highest BCUT2D eigenvalue weighted by Gasteiger charge is 2.04. The van der Waals surface area contributed by atoms with Crippen molar-refractivity contribution in [2.75, 3.05) is 0 Å². The Bertz CT molecular complexity index is 596. The lowest BCUT2D eigenvalue weighted by Gasteiger charge is -2.06. The summed E-state index contributed by atoms with van der Waals surface area (Å²) >= 11 is 3.35.